The number of carbonyl (C=O) groups excluding carboxylic acids is 1. The van der Waals surface area contributed by atoms with Crippen LogP contribution in [0.5, 0.6) is 5.75 Å². The number of anilines is 1. The minimum atomic E-state index is -0.513. The maximum atomic E-state index is 11.8. The Morgan fingerprint density at radius 1 is 1.10 bits per heavy atom. The van der Waals surface area contributed by atoms with Crippen LogP contribution in [0.3, 0.4) is 0 Å². The molecule has 0 aliphatic rings. The van der Waals surface area contributed by atoms with E-state index in [4.69, 9.17) is 0 Å². The fourth-order valence-corrected chi connectivity index (χ4v) is 1.53. The number of phenols is 1. The number of non-ortho nitro benzene ring substituents is 1. The van der Waals surface area contributed by atoms with Crippen molar-refractivity contribution >= 4 is 17.3 Å². The predicted molar refractivity (Wildman–Crippen MR) is 72.3 cm³/mol. The van der Waals surface area contributed by atoms with Crippen molar-refractivity contribution in [3.63, 3.8) is 0 Å². The van der Waals surface area contributed by atoms with Crippen molar-refractivity contribution in [2.45, 2.75) is 0 Å². The largest absolute Gasteiger partial charge is 0.507 e. The fraction of sp³-hybridized carbons (Fsp3) is 0. The van der Waals surface area contributed by atoms with E-state index in [1.807, 2.05) is 0 Å². The quantitative estimate of drug-likeness (QED) is 0.584. The van der Waals surface area contributed by atoms with Crippen LogP contribution in [-0.4, -0.2) is 15.9 Å². The number of benzene rings is 2. The molecule has 20 heavy (non-hydrogen) atoms. The zero-order valence-corrected chi connectivity index (χ0v) is 10.2. The number of para-hydroxylation sites is 1. The lowest BCUT2D eigenvalue weighted by molar-refractivity contribution is -0.384. The Morgan fingerprint density at radius 3 is 2.35 bits per heavy atom. The number of aromatic hydroxyl groups is 1. The second-order valence-corrected chi connectivity index (χ2v) is 3.90. The molecule has 102 valence electrons. The van der Waals surface area contributed by atoms with E-state index in [2.05, 4.69) is 10.9 Å². The molecule has 0 aliphatic heterocycles. The van der Waals surface area contributed by atoms with Gasteiger partial charge in [0.05, 0.1) is 16.2 Å². The minimum Gasteiger partial charge on any atom is -0.507 e. The molecule has 2 aromatic rings. The first-order valence-electron chi connectivity index (χ1n) is 5.67. The van der Waals surface area contributed by atoms with Gasteiger partial charge in [0.2, 0.25) is 0 Å². The smallest absolute Gasteiger partial charge is 0.273 e. The summed E-state index contributed by atoms with van der Waals surface area (Å²) in [6, 6.07) is 11.7. The number of hydrazine groups is 1. The van der Waals surface area contributed by atoms with Crippen LogP contribution >= 0.6 is 0 Å². The molecule has 7 heteroatoms. The zero-order valence-electron chi connectivity index (χ0n) is 10.2. The first-order chi connectivity index (χ1) is 9.58. The summed E-state index contributed by atoms with van der Waals surface area (Å²) >= 11 is 0. The van der Waals surface area contributed by atoms with Crippen LogP contribution in [0.25, 0.3) is 0 Å². The number of nitro groups is 1. The maximum Gasteiger partial charge on any atom is 0.273 e. The molecule has 0 saturated carbocycles. The summed E-state index contributed by atoms with van der Waals surface area (Å²) in [5.74, 6) is -0.642. The summed E-state index contributed by atoms with van der Waals surface area (Å²) in [7, 11) is 0. The van der Waals surface area contributed by atoms with Crippen molar-refractivity contribution in [3.05, 3.63) is 64.2 Å². The lowest BCUT2D eigenvalue weighted by atomic mass is 10.2. The summed E-state index contributed by atoms with van der Waals surface area (Å²) in [6.07, 6.45) is 0. The van der Waals surface area contributed by atoms with Crippen molar-refractivity contribution in [3.8, 4) is 5.75 Å². The van der Waals surface area contributed by atoms with Crippen molar-refractivity contribution < 1.29 is 14.8 Å². The SMILES string of the molecule is O=C(NNc1ccc([N+](=O)[O-])cc1)c1ccccc1O. The second kappa shape index (κ2) is 5.70. The van der Waals surface area contributed by atoms with Gasteiger partial charge in [0.15, 0.2) is 0 Å². The number of phenolic OH excluding ortho intramolecular Hbond substituents is 1. The standard InChI is InChI=1S/C13H11N3O4/c17-12-4-2-1-3-11(12)13(18)15-14-9-5-7-10(8-6-9)16(19)20/h1-8,14,17H,(H,15,18). The average molecular weight is 273 g/mol. The maximum absolute atomic E-state index is 11.8. The Labute approximate surface area is 114 Å². The molecule has 1 amide bonds. The Kier molecular flexibility index (Phi) is 3.80. The van der Waals surface area contributed by atoms with Crippen LogP contribution in [0.1, 0.15) is 10.4 Å². The van der Waals surface area contributed by atoms with E-state index in [0.717, 1.165) is 0 Å². The summed E-state index contributed by atoms with van der Waals surface area (Å²) in [5, 5.41) is 20.0. The van der Waals surface area contributed by atoms with Gasteiger partial charge in [0.25, 0.3) is 11.6 Å². The summed E-state index contributed by atoms with van der Waals surface area (Å²) in [6.45, 7) is 0. The Hall–Kier alpha value is -3.09. The van der Waals surface area contributed by atoms with Gasteiger partial charge in [-0.25, -0.2) is 0 Å². The van der Waals surface area contributed by atoms with Crippen molar-refractivity contribution in [2.75, 3.05) is 5.43 Å². The number of nitrogens with one attached hydrogen (secondary N) is 2. The summed E-state index contributed by atoms with van der Waals surface area (Å²) in [4.78, 5) is 21.8. The molecule has 0 aliphatic carbocycles. The molecule has 0 aromatic heterocycles. The highest BCUT2D eigenvalue weighted by Gasteiger charge is 2.09. The van der Waals surface area contributed by atoms with E-state index in [9.17, 15) is 20.0 Å². The molecule has 0 saturated heterocycles. The molecular formula is C13H11N3O4. The highest BCUT2D eigenvalue weighted by atomic mass is 16.6. The third-order valence-electron chi connectivity index (χ3n) is 2.55. The normalized spacial score (nSPS) is 9.80. The van der Waals surface area contributed by atoms with E-state index in [1.54, 1.807) is 12.1 Å². The van der Waals surface area contributed by atoms with Crippen molar-refractivity contribution in [1.82, 2.24) is 5.43 Å². The molecule has 0 radical (unpaired) electrons. The molecule has 0 unspecified atom stereocenters. The van der Waals surface area contributed by atoms with Crippen molar-refractivity contribution in [1.29, 1.82) is 0 Å². The number of amides is 1. The zero-order chi connectivity index (χ0) is 14.5. The summed E-state index contributed by atoms with van der Waals surface area (Å²) < 4.78 is 0. The van der Waals surface area contributed by atoms with Gasteiger partial charge < -0.3 is 5.11 Å². The second-order valence-electron chi connectivity index (χ2n) is 3.90. The van der Waals surface area contributed by atoms with E-state index < -0.39 is 10.8 Å². The van der Waals surface area contributed by atoms with Crippen LogP contribution < -0.4 is 10.9 Å². The number of rotatable bonds is 4. The lowest BCUT2D eigenvalue weighted by Gasteiger charge is -2.09. The molecule has 7 nitrogen and oxygen atoms in total. The van der Waals surface area contributed by atoms with E-state index in [1.165, 1.54) is 36.4 Å². The van der Waals surface area contributed by atoms with Gasteiger partial charge in [0.1, 0.15) is 5.75 Å². The average Bonchev–Trinajstić information content (AvgIpc) is 2.45. The van der Waals surface area contributed by atoms with Gasteiger partial charge in [-0.15, -0.1) is 0 Å². The first kappa shape index (κ1) is 13.3. The predicted octanol–water partition coefficient (Wildman–Crippen LogP) is 2.06. The van der Waals surface area contributed by atoms with Gasteiger partial charge in [-0.05, 0) is 24.3 Å². The van der Waals surface area contributed by atoms with Crippen LogP contribution in [0, 0.1) is 10.1 Å². The van der Waals surface area contributed by atoms with E-state index in [0.29, 0.717) is 5.69 Å². The molecule has 2 rings (SSSR count). The minimum absolute atomic E-state index is 0.0393. The number of hydrogen-bond donors (Lipinski definition) is 3. The first-order valence-corrected chi connectivity index (χ1v) is 5.67. The Morgan fingerprint density at radius 2 is 1.75 bits per heavy atom. The van der Waals surface area contributed by atoms with Gasteiger partial charge >= 0.3 is 0 Å². The molecule has 2 aromatic carbocycles. The third-order valence-corrected chi connectivity index (χ3v) is 2.55. The summed E-state index contributed by atoms with van der Waals surface area (Å²) in [5.41, 5.74) is 5.56. The van der Waals surface area contributed by atoms with Crippen molar-refractivity contribution in [2.24, 2.45) is 0 Å². The molecule has 3 N–H and O–H groups in total. The van der Waals surface area contributed by atoms with Gasteiger partial charge in [-0.1, -0.05) is 12.1 Å². The Balaban J connectivity index is 2.00. The van der Waals surface area contributed by atoms with Gasteiger partial charge in [-0.2, -0.15) is 0 Å². The number of nitro benzene ring substituents is 1. The molecule has 0 spiro atoms. The van der Waals surface area contributed by atoms with Crippen LogP contribution in [0.15, 0.2) is 48.5 Å². The van der Waals surface area contributed by atoms with Crippen LogP contribution in [-0.2, 0) is 0 Å². The van der Waals surface area contributed by atoms with E-state index >= 15 is 0 Å². The lowest BCUT2D eigenvalue weighted by Crippen LogP contribution is -2.29. The van der Waals surface area contributed by atoms with Crippen LogP contribution in [0.4, 0.5) is 11.4 Å². The van der Waals surface area contributed by atoms with Crippen LogP contribution in [0.2, 0.25) is 0 Å². The highest BCUT2D eigenvalue weighted by Crippen LogP contribution is 2.16. The fourth-order valence-electron chi connectivity index (χ4n) is 1.53. The topological polar surface area (TPSA) is 104 Å². The molecule has 0 heterocycles. The highest BCUT2D eigenvalue weighted by molar-refractivity contribution is 5.97. The molecule has 0 fully saturated rings. The molecule has 0 atom stereocenters. The molecule has 0 bridgehead atoms. The Bertz CT molecular complexity index is 640. The van der Waals surface area contributed by atoms with Gasteiger partial charge in [0, 0.05) is 12.1 Å². The number of hydrogen-bond acceptors (Lipinski definition) is 5. The third kappa shape index (κ3) is 3.02. The monoisotopic (exact) mass is 273 g/mol. The molecular weight excluding hydrogens is 262 g/mol. The number of carbonyl (C=O) groups is 1. The van der Waals surface area contributed by atoms with E-state index in [-0.39, 0.29) is 17.0 Å². The number of nitrogens with zero attached hydrogens (tertiary/aromatic N) is 1. The van der Waals surface area contributed by atoms with Gasteiger partial charge in [-0.3, -0.25) is 25.8 Å².